The summed E-state index contributed by atoms with van der Waals surface area (Å²) >= 11 is 6.20. The van der Waals surface area contributed by atoms with E-state index < -0.39 is 29.3 Å². The maximum absolute atomic E-state index is 14.2. The van der Waals surface area contributed by atoms with Gasteiger partial charge in [-0.05, 0) is 45.2 Å². The maximum atomic E-state index is 14.2. The fourth-order valence-corrected chi connectivity index (χ4v) is 3.95. The van der Waals surface area contributed by atoms with Crippen LogP contribution in [0, 0.1) is 5.82 Å². The van der Waals surface area contributed by atoms with Crippen molar-refractivity contribution in [2.75, 3.05) is 19.6 Å². The minimum Gasteiger partial charge on any atom is -0.505 e. The highest BCUT2D eigenvalue weighted by molar-refractivity contribution is 6.31. The Morgan fingerprint density at radius 1 is 1.37 bits per heavy atom. The molecule has 6 nitrogen and oxygen atoms in total. The van der Waals surface area contributed by atoms with E-state index in [1.54, 1.807) is 25.7 Å². The highest BCUT2D eigenvalue weighted by Gasteiger charge is 2.39. The molecule has 0 bridgehead atoms. The van der Waals surface area contributed by atoms with E-state index in [2.05, 4.69) is 0 Å². The number of halogens is 2. The minimum absolute atomic E-state index is 0.0201. The predicted molar refractivity (Wildman–Crippen MR) is 98.3 cm³/mol. The molecular formula is C19H24ClFN2O4. The molecule has 0 unspecified atom stereocenters. The highest BCUT2D eigenvalue weighted by atomic mass is 35.5. The quantitative estimate of drug-likeness (QED) is 0.825. The lowest BCUT2D eigenvalue weighted by molar-refractivity contribution is -0.128. The molecule has 0 saturated carbocycles. The lowest BCUT2D eigenvalue weighted by Crippen LogP contribution is -2.47. The molecule has 2 aliphatic rings. The zero-order valence-electron chi connectivity index (χ0n) is 15.7. The standard InChI is InChI=1S/C19H24ClFN2O4/c1-19(2,3)27-18(26)23-8-6-11-12(20)9-13(21)17(25)16(11)14(23)10-22-7-4-5-15(22)24/h9,14,25H,4-8,10H2,1-3H3/t14-/m1/s1. The number of likely N-dealkylation sites (tertiary alicyclic amines) is 1. The second-order valence-electron chi connectivity index (χ2n) is 7.96. The van der Waals surface area contributed by atoms with Gasteiger partial charge in [-0.1, -0.05) is 11.6 Å². The molecule has 1 aromatic rings. The first-order valence-corrected chi connectivity index (χ1v) is 9.43. The molecule has 3 rings (SSSR count). The molecule has 1 aromatic carbocycles. The lowest BCUT2D eigenvalue weighted by Gasteiger charge is -2.40. The Morgan fingerprint density at radius 2 is 2.07 bits per heavy atom. The van der Waals surface area contributed by atoms with E-state index in [0.717, 1.165) is 12.5 Å². The number of rotatable bonds is 2. The molecule has 1 atom stereocenters. The number of amides is 2. The summed E-state index contributed by atoms with van der Waals surface area (Å²) in [4.78, 5) is 28.0. The molecule has 0 radical (unpaired) electrons. The minimum atomic E-state index is -0.845. The molecule has 0 aromatic heterocycles. The van der Waals surface area contributed by atoms with Gasteiger partial charge >= 0.3 is 6.09 Å². The lowest BCUT2D eigenvalue weighted by atomic mass is 9.91. The third kappa shape index (κ3) is 3.98. The van der Waals surface area contributed by atoms with Crippen molar-refractivity contribution >= 4 is 23.6 Å². The first-order chi connectivity index (χ1) is 12.6. The Labute approximate surface area is 162 Å². The number of carbonyl (C=O) groups is 2. The number of phenolic OH excluding ortho intramolecular Hbond substituents is 1. The van der Waals surface area contributed by atoms with E-state index in [9.17, 15) is 19.1 Å². The number of fused-ring (bicyclic) bond motifs is 1. The number of carbonyl (C=O) groups excluding carboxylic acids is 2. The summed E-state index contributed by atoms with van der Waals surface area (Å²) in [6.45, 7) is 6.32. The normalized spacial score (nSPS) is 20.0. The third-order valence-electron chi connectivity index (χ3n) is 4.85. The van der Waals surface area contributed by atoms with Crippen LogP contribution in [0.15, 0.2) is 6.07 Å². The zero-order valence-corrected chi connectivity index (χ0v) is 16.5. The third-order valence-corrected chi connectivity index (χ3v) is 5.19. The van der Waals surface area contributed by atoms with Crippen molar-refractivity contribution in [3.63, 3.8) is 0 Å². The number of benzene rings is 1. The van der Waals surface area contributed by atoms with Crippen LogP contribution in [0.5, 0.6) is 5.75 Å². The maximum Gasteiger partial charge on any atom is 0.410 e. The fourth-order valence-electron chi connectivity index (χ4n) is 3.66. The average molecular weight is 399 g/mol. The summed E-state index contributed by atoms with van der Waals surface area (Å²) < 4.78 is 19.7. The van der Waals surface area contributed by atoms with Gasteiger partial charge in [0, 0.05) is 36.6 Å². The molecule has 148 valence electrons. The van der Waals surface area contributed by atoms with E-state index >= 15 is 0 Å². The first-order valence-electron chi connectivity index (χ1n) is 9.05. The fraction of sp³-hybridized carbons (Fsp3) is 0.579. The highest BCUT2D eigenvalue weighted by Crippen LogP contribution is 2.42. The van der Waals surface area contributed by atoms with E-state index in [-0.39, 0.29) is 23.0 Å². The monoisotopic (exact) mass is 398 g/mol. The van der Waals surface area contributed by atoms with Crippen molar-refractivity contribution in [2.24, 2.45) is 0 Å². The number of aromatic hydroxyl groups is 1. The van der Waals surface area contributed by atoms with Crippen molar-refractivity contribution in [3.8, 4) is 5.75 Å². The molecule has 1 fully saturated rings. The van der Waals surface area contributed by atoms with Gasteiger partial charge in [-0.2, -0.15) is 0 Å². The van der Waals surface area contributed by atoms with Crippen LogP contribution in [0.3, 0.4) is 0 Å². The zero-order chi connectivity index (χ0) is 19.9. The van der Waals surface area contributed by atoms with Gasteiger partial charge in [0.15, 0.2) is 11.6 Å². The van der Waals surface area contributed by atoms with E-state index in [0.29, 0.717) is 31.5 Å². The Hall–Kier alpha value is -2.02. The molecular weight excluding hydrogens is 375 g/mol. The van der Waals surface area contributed by atoms with Gasteiger partial charge in [0.25, 0.3) is 0 Å². The van der Waals surface area contributed by atoms with Gasteiger partial charge in [-0.15, -0.1) is 0 Å². The molecule has 1 N–H and O–H groups in total. The summed E-state index contributed by atoms with van der Waals surface area (Å²) in [5.74, 6) is -1.39. The molecule has 0 spiro atoms. The smallest absolute Gasteiger partial charge is 0.410 e. The van der Waals surface area contributed by atoms with E-state index in [1.807, 2.05) is 0 Å². The first kappa shape index (κ1) is 19.7. The number of ether oxygens (including phenoxy) is 1. The molecule has 1 saturated heterocycles. The number of hydrogen-bond donors (Lipinski definition) is 1. The predicted octanol–water partition coefficient (Wildman–Crippen LogP) is 3.64. The van der Waals surface area contributed by atoms with Crippen LogP contribution in [-0.4, -0.2) is 52.1 Å². The van der Waals surface area contributed by atoms with Crippen LogP contribution in [0.2, 0.25) is 5.02 Å². The van der Waals surface area contributed by atoms with Crippen molar-refractivity contribution in [3.05, 3.63) is 28.0 Å². The van der Waals surface area contributed by atoms with Crippen LogP contribution < -0.4 is 0 Å². The summed E-state index contributed by atoms with van der Waals surface area (Å²) in [6, 6.07) is 0.357. The summed E-state index contributed by atoms with van der Waals surface area (Å²) in [6.07, 6.45) is 0.985. The summed E-state index contributed by atoms with van der Waals surface area (Å²) in [5, 5.41) is 10.6. The Morgan fingerprint density at radius 3 is 2.67 bits per heavy atom. The SMILES string of the molecule is CC(C)(C)OC(=O)N1CCc2c(Cl)cc(F)c(O)c2[C@H]1CN1CCCC1=O. The van der Waals surface area contributed by atoms with E-state index in [4.69, 9.17) is 16.3 Å². The van der Waals surface area contributed by atoms with Gasteiger partial charge in [0.05, 0.1) is 6.04 Å². The van der Waals surface area contributed by atoms with Gasteiger partial charge in [0.1, 0.15) is 5.60 Å². The summed E-state index contributed by atoms with van der Waals surface area (Å²) in [5.41, 5.74) is 0.163. The van der Waals surface area contributed by atoms with Gasteiger partial charge < -0.3 is 14.7 Å². The Bertz CT molecular complexity index is 778. The van der Waals surface area contributed by atoms with Crippen LogP contribution in [0.4, 0.5) is 9.18 Å². The molecule has 8 heteroatoms. The van der Waals surface area contributed by atoms with Gasteiger partial charge in [-0.25, -0.2) is 9.18 Å². The van der Waals surface area contributed by atoms with Gasteiger partial charge in [-0.3, -0.25) is 9.69 Å². The molecule has 27 heavy (non-hydrogen) atoms. The molecule has 2 amide bonds. The van der Waals surface area contributed by atoms with Crippen molar-refractivity contribution in [2.45, 2.75) is 51.7 Å². The molecule has 2 aliphatic heterocycles. The van der Waals surface area contributed by atoms with Crippen molar-refractivity contribution < 1.29 is 23.8 Å². The van der Waals surface area contributed by atoms with Crippen molar-refractivity contribution in [1.29, 1.82) is 0 Å². The van der Waals surface area contributed by atoms with Gasteiger partial charge in [0.2, 0.25) is 5.91 Å². The number of nitrogens with zero attached hydrogens (tertiary/aromatic N) is 2. The largest absolute Gasteiger partial charge is 0.505 e. The molecule has 0 aliphatic carbocycles. The van der Waals surface area contributed by atoms with Crippen LogP contribution >= 0.6 is 11.6 Å². The topological polar surface area (TPSA) is 70.1 Å². The van der Waals surface area contributed by atoms with Crippen LogP contribution in [0.25, 0.3) is 0 Å². The molecule has 2 heterocycles. The van der Waals surface area contributed by atoms with E-state index in [1.165, 1.54) is 4.90 Å². The average Bonchev–Trinajstić information content (AvgIpc) is 2.95. The van der Waals surface area contributed by atoms with Crippen molar-refractivity contribution in [1.82, 2.24) is 9.80 Å². The second-order valence-corrected chi connectivity index (χ2v) is 8.37. The number of phenols is 1. The Balaban J connectivity index is 2.02. The second kappa shape index (κ2) is 7.19. The Kier molecular flexibility index (Phi) is 5.25. The van der Waals surface area contributed by atoms with Crippen LogP contribution in [-0.2, 0) is 16.0 Å². The number of hydrogen-bond acceptors (Lipinski definition) is 4. The summed E-state index contributed by atoms with van der Waals surface area (Å²) in [7, 11) is 0. The van der Waals surface area contributed by atoms with Crippen LogP contribution in [0.1, 0.15) is 50.8 Å².